The van der Waals surface area contributed by atoms with Gasteiger partial charge in [-0.05, 0) is 67.1 Å². The molecule has 0 saturated carbocycles. The number of nitrogens with zero attached hydrogens (tertiary/aromatic N) is 3. The molecule has 0 spiro atoms. The van der Waals surface area contributed by atoms with Crippen molar-refractivity contribution in [1.29, 1.82) is 0 Å². The number of carbonyl (C=O) groups is 1. The van der Waals surface area contributed by atoms with E-state index in [4.69, 9.17) is 34.8 Å². The van der Waals surface area contributed by atoms with E-state index in [9.17, 15) is 4.79 Å². The first-order valence-electron chi connectivity index (χ1n) is 8.31. The van der Waals surface area contributed by atoms with Crippen LogP contribution in [0.15, 0.2) is 54.6 Å². The van der Waals surface area contributed by atoms with Gasteiger partial charge in [0.1, 0.15) is 11.0 Å². The number of aryl methyl sites for hydroxylation is 1. The van der Waals surface area contributed by atoms with E-state index in [1.54, 1.807) is 30.3 Å². The SMILES string of the molecule is Cc1cc2nn(-c3ccc(Cl)cc3)nc2cc1NC(=O)c1ccc(Cl)c(Cl)c1. The molecule has 0 atom stereocenters. The van der Waals surface area contributed by atoms with E-state index in [1.807, 2.05) is 25.1 Å². The number of benzene rings is 3. The van der Waals surface area contributed by atoms with Crippen molar-refractivity contribution in [2.45, 2.75) is 6.92 Å². The van der Waals surface area contributed by atoms with Crippen molar-refractivity contribution in [2.24, 2.45) is 0 Å². The third-order valence-corrected chi connectivity index (χ3v) is 5.21. The van der Waals surface area contributed by atoms with Crippen molar-refractivity contribution < 1.29 is 4.79 Å². The number of carbonyl (C=O) groups excluding carboxylic acids is 1. The topological polar surface area (TPSA) is 59.8 Å². The molecule has 1 aromatic heterocycles. The van der Waals surface area contributed by atoms with Crippen molar-refractivity contribution in [2.75, 3.05) is 5.32 Å². The van der Waals surface area contributed by atoms with Crippen LogP contribution in [0.2, 0.25) is 15.1 Å². The molecular formula is C20H13Cl3N4O. The molecule has 0 aliphatic heterocycles. The van der Waals surface area contributed by atoms with Crippen LogP contribution in [-0.4, -0.2) is 20.9 Å². The van der Waals surface area contributed by atoms with Crippen molar-refractivity contribution in [3.63, 3.8) is 0 Å². The van der Waals surface area contributed by atoms with Gasteiger partial charge in [-0.3, -0.25) is 4.79 Å². The Balaban J connectivity index is 1.65. The highest BCUT2D eigenvalue weighted by Crippen LogP contribution is 2.25. The molecule has 4 aromatic rings. The van der Waals surface area contributed by atoms with Crippen LogP contribution in [0.1, 0.15) is 15.9 Å². The van der Waals surface area contributed by atoms with E-state index >= 15 is 0 Å². The van der Waals surface area contributed by atoms with Crippen LogP contribution in [0, 0.1) is 6.92 Å². The lowest BCUT2D eigenvalue weighted by Crippen LogP contribution is -2.12. The number of anilines is 1. The van der Waals surface area contributed by atoms with Crippen LogP contribution in [0.4, 0.5) is 5.69 Å². The summed E-state index contributed by atoms with van der Waals surface area (Å²) in [6, 6.07) is 15.6. The number of halogens is 3. The van der Waals surface area contributed by atoms with Crippen LogP contribution in [0.5, 0.6) is 0 Å². The molecule has 1 N–H and O–H groups in total. The molecule has 5 nitrogen and oxygen atoms in total. The van der Waals surface area contributed by atoms with Gasteiger partial charge >= 0.3 is 0 Å². The van der Waals surface area contributed by atoms with Gasteiger partial charge in [0.2, 0.25) is 0 Å². The van der Waals surface area contributed by atoms with Crippen LogP contribution in [0.3, 0.4) is 0 Å². The predicted octanol–water partition coefficient (Wildman–Crippen LogP) is 5.94. The quantitative estimate of drug-likeness (QED) is 0.436. The molecule has 4 rings (SSSR count). The van der Waals surface area contributed by atoms with Gasteiger partial charge in [-0.25, -0.2) is 0 Å². The Morgan fingerprint density at radius 1 is 0.893 bits per heavy atom. The first-order valence-corrected chi connectivity index (χ1v) is 9.44. The van der Waals surface area contributed by atoms with Gasteiger partial charge in [0.15, 0.2) is 0 Å². The number of fused-ring (bicyclic) bond motifs is 1. The Kier molecular flexibility index (Phi) is 4.98. The highest BCUT2D eigenvalue weighted by atomic mass is 35.5. The lowest BCUT2D eigenvalue weighted by Gasteiger charge is -2.08. The summed E-state index contributed by atoms with van der Waals surface area (Å²) >= 11 is 17.8. The number of nitrogens with one attached hydrogen (secondary N) is 1. The van der Waals surface area contributed by atoms with Gasteiger partial charge in [0.25, 0.3) is 5.91 Å². The Bertz CT molecular complexity index is 1200. The molecule has 0 fully saturated rings. The van der Waals surface area contributed by atoms with Gasteiger partial charge < -0.3 is 5.32 Å². The molecular weight excluding hydrogens is 419 g/mol. The summed E-state index contributed by atoms with van der Waals surface area (Å²) in [4.78, 5) is 14.1. The minimum absolute atomic E-state index is 0.286. The number of hydrogen-bond donors (Lipinski definition) is 1. The first kappa shape index (κ1) is 18.7. The zero-order chi connectivity index (χ0) is 19.8. The molecule has 140 valence electrons. The zero-order valence-electron chi connectivity index (χ0n) is 14.6. The second kappa shape index (κ2) is 7.43. The molecule has 8 heteroatoms. The Labute approximate surface area is 175 Å². The summed E-state index contributed by atoms with van der Waals surface area (Å²) in [5.41, 5.74) is 4.10. The van der Waals surface area contributed by atoms with E-state index < -0.39 is 0 Å². The summed E-state index contributed by atoms with van der Waals surface area (Å²) in [7, 11) is 0. The molecule has 0 aliphatic rings. The molecule has 0 radical (unpaired) electrons. The van der Waals surface area contributed by atoms with Gasteiger partial charge in [0.05, 0.1) is 15.7 Å². The Morgan fingerprint density at radius 2 is 1.57 bits per heavy atom. The van der Waals surface area contributed by atoms with Crippen molar-refractivity contribution in [3.8, 4) is 5.69 Å². The first-order chi connectivity index (χ1) is 13.4. The monoisotopic (exact) mass is 430 g/mol. The summed E-state index contributed by atoms with van der Waals surface area (Å²) < 4.78 is 0. The second-order valence-corrected chi connectivity index (χ2v) is 7.46. The van der Waals surface area contributed by atoms with Crippen molar-refractivity contribution >= 4 is 57.4 Å². The molecule has 28 heavy (non-hydrogen) atoms. The number of amides is 1. The number of rotatable bonds is 3. The van der Waals surface area contributed by atoms with Crippen LogP contribution >= 0.6 is 34.8 Å². The molecule has 0 bridgehead atoms. The van der Waals surface area contributed by atoms with Crippen molar-refractivity contribution in [1.82, 2.24) is 15.0 Å². The molecule has 0 aliphatic carbocycles. The maximum absolute atomic E-state index is 12.6. The molecule has 3 aromatic carbocycles. The van der Waals surface area contributed by atoms with Crippen molar-refractivity contribution in [3.05, 3.63) is 80.8 Å². The fraction of sp³-hybridized carbons (Fsp3) is 0.0500. The fourth-order valence-corrected chi connectivity index (χ4v) is 3.15. The highest BCUT2D eigenvalue weighted by Gasteiger charge is 2.13. The minimum atomic E-state index is -0.286. The third kappa shape index (κ3) is 3.69. The lowest BCUT2D eigenvalue weighted by atomic mass is 10.1. The highest BCUT2D eigenvalue weighted by molar-refractivity contribution is 6.42. The summed E-state index contributed by atoms with van der Waals surface area (Å²) in [5, 5.41) is 13.2. The minimum Gasteiger partial charge on any atom is -0.322 e. The fourth-order valence-electron chi connectivity index (χ4n) is 2.72. The number of hydrogen-bond acceptors (Lipinski definition) is 3. The summed E-state index contributed by atoms with van der Waals surface area (Å²) in [6.45, 7) is 1.89. The van der Waals surface area contributed by atoms with Crippen LogP contribution in [0.25, 0.3) is 16.7 Å². The van der Waals surface area contributed by atoms with Crippen LogP contribution in [-0.2, 0) is 0 Å². The van der Waals surface area contributed by atoms with E-state index in [2.05, 4.69) is 15.5 Å². The molecule has 0 saturated heterocycles. The predicted molar refractivity (Wildman–Crippen MR) is 113 cm³/mol. The average molecular weight is 432 g/mol. The van der Waals surface area contributed by atoms with E-state index in [-0.39, 0.29) is 5.91 Å². The molecule has 1 heterocycles. The summed E-state index contributed by atoms with van der Waals surface area (Å²) in [6.07, 6.45) is 0. The number of aromatic nitrogens is 3. The molecule has 0 unspecified atom stereocenters. The smallest absolute Gasteiger partial charge is 0.255 e. The normalized spacial score (nSPS) is 11.0. The largest absolute Gasteiger partial charge is 0.322 e. The Morgan fingerprint density at radius 3 is 2.25 bits per heavy atom. The lowest BCUT2D eigenvalue weighted by molar-refractivity contribution is 0.102. The molecule has 1 amide bonds. The second-order valence-electron chi connectivity index (χ2n) is 6.20. The van der Waals surface area contributed by atoms with Gasteiger partial charge in [-0.1, -0.05) is 34.8 Å². The van der Waals surface area contributed by atoms with Gasteiger partial charge in [0, 0.05) is 16.3 Å². The Hall–Kier alpha value is -2.60. The summed E-state index contributed by atoms with van der Waals surface area (Å²) in [5.74, 6) is -0.286. The van der Waals surface area contributed by atoms with Crippen LogP contribution < -0.4 is 5.32 Å². The van der Waals surface area contributed by atoms with E-state index in [1.165, 1.54) is 10.9 Å². The standard InChI is InChI=1S/C20H13Cl3N4O/c1-11-8-18-19(26-27(25-18)14-5-3-13(21)4-6-14)10-17(11)24-20(28)12-2-7-15(22)16(23)9-12/h2-10H,1H3,(H,24,28). The van der Waals surface area contributed by atoms with E-state index in [0.29, 0.717) is 31.8 Å². The van der Waals surface area contributed by atoms with Gasteiger partial charge in [-0.15, -0.1) is 10.2 Å². The zero-order valence-corrected chi connectivity index (χ0v) is 16.8. The third-order valence-electron chi connectivity index (χ3n) is 4.21. The van der Waals surface area contributed by atoms with Gasteiger partial charge in [-0.2, -0.15) is 4.80 Å². The van der Waals surface area contributed by atoms with E-state index in [0.717, 1.165) is 16.8 Å². The maximum atomic E-state index is 12.6. The average Bonchev–Trinajstić information content (AvgIpc) is 3.07. The maximum Gasteiger partial charge on any atom is 0.255 e.